The van der Waals surface area contributed by atoms with Crippen molar-refractivity contribution in [2.45, 2.75) is 38.5 Å². The molecule has 0 saturated carbocycles. The van der Waals surface area contributed by atoms with E-state index in [1.807, 2.05) is 6.20 Å². The second-order valence-electron chi connectivity index (χ2n) is 6.12. The molecule has 2 saturated heterocycles. The van der Waals surface area contributed by atoms with Crippen molar-refractivity contribution in [1.29, 1.82) is 0 Å². The zero-order chi connectivity index (χ0) is 13.1. The number of H-pyrrole nitrogens is 1. The normalized spacial score (nSPS) is 26.7. The number of piperidine rings is 1. The van der Waals surface area contributed by atoms with Gasteiger partial charge in [0, 0.05) is 37.9 Å². The van der Waals surface area contributed by atoms with E-state index in [4.69, 9.17) is 4.74 Å². The lowest BCUT2D eigenvalue weighted by Gasteiger charge is -2.35. The first-order valence-corrected chi connectivity index (χ1v) is 7.63. The average Bonchev–Trinajstić information content (AvgIpc) is 2.86. The fourth-order valence-electron chi connectivity index (χ4n) is 3.52. The second-order valence-corrected chi connectivity index (χ2v) is 6.12. The van der Waals surface area contributed by atoms with E-state index < -0.39 is 0 Å². The van der Waals surface area contributed by atoms with Crippen molar-refractivity contribution in [3.63, 3.8) is 0 Å². The van der Waals surface area contributed by atoms with Crippen LogP contribution in [0, 0.1) is 12.8 Å². The summed E-state index contributed by atoms with van der Waals surface area (Å²) in [4.78, 5) is 2.66. The van der Waals surface area contributed by atoms with Crippen LogP contribution in [0.3, 0.4) is 0 Å². The predicted molar refractivity (Wildman–Crippen MR) is 75.3 cm³/mol. The van der Waals surface area contributed by atoms with Crippen LogP contribution >= 0.6 is 0 Å². The van der Waals surface area contributed by atoms with E-state index in [9.17, 15) is 0 Å². The Labute approximate surface area is 115 Å². The number of hydrogen-bond donors (Lipinski definition) is 1. The molecule has 4 heteroatoms. The first kappa shape index (κ1) is 13.1. The third-order valence-electron chi connectivity index (χ3n) is 4.64. The summed E-state index contributed by atoms with van der Waals surface area (Å²) in [5.41, 5.74) is 2.68. The molecule has 0 radical (unpaired) electrons. The molecule has 1 atom stereocenters. The van der Waals surface area contributed by atoms with Crippen molar-refractivity contribution in [3.05, 3.63) is 17.5 Å². The number of aromatic nitrogens is 2. The topological polar surface area (TPSA) is 41.2 Å². The van der Waals surface area contributed by atoms with Gasteiger partial charge in [0.05, 0.1) is 6.20 Å². The minimum atomic E-state index is 0.649. The third kappa shape index (κ3) is 3.18. The van der Waals surface area contributed by atoms with Crippen LogP contribution < -0.4 is 0 Å². The highest BCUT2D eigenvalue weighted by molar-refractivity contribution is 5.19. The summed E-state index contributed by atoms with van der Waals surface area (Å²) < 4.78 is 5.45. The van der Waals surface area contributed by atoms with Gasteiger partial charge in [-0.3, -0.25) is 5.10 Å². The largest absolute Gasteiger partial charge is 0.381 e. The molecule has 19 heavy (non-hydrogen) atoms. The van der Waals surface area contributed by atoms with Gasteiger partial charge in [0.25, 0.3) is 0 Å². The van der Waals surface area contributed by atoms with Gasteiger partial charge in [0.2, 0.25) is 0 Å². The maximum atomic E-state index is 5.45. The summed E-state index contributed by atoms with van der Waals surface area (Å²) in [7, 11) is 0. The molecule has 2 fully saturated rings. The van der Waals surface area contributed by atoms with Crippen LogP contribution in [0.1, 0.15) is 42.9 Å². The Bertz CT molecular complexity index is 398. The second kappa shape index (κ2) is 6.06. The highest BCUT2D eigenvalue weighted by atomic mass is 16.5. The van der Waals surface area contributed by atoms with Gasteiger partial charge in [-0.15, -0.1) is 0 Å². The van der Waals surface area contributed by atoms with Crippen LogP contribution in [0.2, 0.25) is 0 Å². The number of nitrogens with one attached hydrogen (secondary N) is 1. The average molecular weight is 263 g/mol. The number of rotatable bonds is 3. The molecule has 1 aromatic heterocycles. The molecule has 0 aromatic carbocycles. The molecule has 3 rings (SSSR count). The van der Waals surface area contributed by atoms with Crippen molar-refractivity contribution >= 4 is 0 Å². The van der Waals surface area contributed by atoms with Gasteiger partial charge in [0.1, 0.15) is 0 Å². The highest BCUT2D eigenvalue weighted by Gasteiger charge is 2.26. The molecule has 1 N–H and O–H groups in total. The molecule has 3 heterocycles. The Hall–Kier alpha value is -0.870. The molecular formula is C15H25N3O. The van der Waals surface area contributed by atoms with E-state index in [0.29, 0.717) is 5.92 Å². The SMILES string of the molecule is Cc1cn[nH]c1[C@H]1CCCN(CC2CCOCC2)C1. The van der Waals surface area contributed by atoms with Crippen molar-refractivity contribution in [2.75, 3.05) is 32.8 Å². The van der Waals surface area contributed by atoms with Crippen LogP contribution in [-0.4, -0.2) is 47.9 Å². The fourth-order valence-corrected chi connectivity index (χ4v) is 3.52. The first-order valence-electron chi connectivity index (χ1n) is 7.63. The van der Waals surface area contributed by atoms with Gasteiger partial charge < -0.3 is 9.64 Å². The number of aromatic amines is 1. The molecule has 0 unspecified atom stereocenters. The zero-order valence-electron chi connectivity index (χ0n) is 11.9. The smallest absolute Gasteiger partial charge is 0.0519 e. The molecule has 1 aromatic rings. The maximum Gasteiger partial charge on any atom is 0.0519 e. The minimum absolute atomic E-state index is 0.649. The Kier molecular flexibility index (Phi) is 4.18. The van der Waals surface area contributed by atoms with Crippen molar-refractivity contribution < 1.29 is 4.74 Å². The van der Waals surface area contributed by atoms with Crippen LogP contribution in [0.4, 0.5) is 0 Å². The fraction of sp³-hybridized carbons (Fsp3) is 0.800. The van der Waals surface area contributed by atoms with Gasteiger partial charge >= 0.3 is 0 Å². The van der Waals surface area contributed by atoms with Crippen LogP contribution in [0.15, 0.2) is 6.20 Å². The van der Waals surface area contributed by atoms with Crippen LogP contribution in [0.5, 0.6) is 0 Å². The maximum absolute atomic E-state index is 5.45. The van der Waals surface area contributed by atoms with E-state index >= 15 is 0 Å². The Morgan fingerprint density at radius 1 is 1.37 bits per heavy atom. The summed E-state index contributed by atoms with van der Waals surface area (Å²) in [6, 6.07) is 0. The van der Waals surface area contributed by atoms with Crippen molar-refractivity contribution in [1.82, 2.24) is 15.1 Å². The summed E-state index contributed by atoms with van der Waals surface area (Å²) in [6.07, 6.45) is 7.04. The number of likely N-dealkylation sites (tertiary alicyclic amines) is 1. The van der Waals surface area contributed by atoms with Crippen molar-refractivity contribution in [3.8, 4) is 0 Å². The number of hydrogen-bond acceptors (Lipinski definition) is 3. The summed E-state index contributed by atoms with van der Waals surface area (Å²) in [5, 5.41) is 7.38. The Morgan fingerprint density at radius 3 is 2.95 bits per heavy atom. The molecule has 106 valence electrons. The van der Waals surface area contributed by atoms with Gasteiger partial charge in [-0.2, -0.15) is 5.10 Å². The lowest BCUT2D eigenvalue weighted by molar-refractivity contribution is 0.0481. The molecular weight excluding hydrogens is 238 g/mol. The number of ether oxygens (including phenoxy) is 1. The molecule has 0 spiro atoms. The standard InChI is InChI=1S/C15H25N3O/c1-12-9-16-17-15(12)14-3-2-6-18(11-14)10-13-4-7-19-8-5-13/h9,13-14H,2-8,10-11H2,1H3,(H,16,17)/t14-/m0/s1. The lowest BCUT2D eigenvalue weighted by atomic mass is 9.91. The molecule has 2 aliphatic heterocycles. The van der Waals surface area contributed by atoms with E-state index in [0.717, 1.165) is 19.1 Å². The van der Waals surface area contributed by atoms with Crippen molar-refractivity contribution in [2.24, 2.45) is 5.92 Å². The Morgan fingerprint density at radius 2 is 2.21 bits per heavy atom. The van der Waals surface area contributed by atoms with Gasteiger partial charge in [-0.25, -0.2) is 0 Å². The molecule has 2 aliphatic rings. The monoisotopic (exact) mass is 263 g/mol. The highest BCUT2D eigenvalue weighted by Crippen LogP contribution is 2.28. The molecule has 0 aliphatic carbocycles. The predicted octanol–water partition coefficient (Wildman–Crippen LogP) is 2.32. The summed E-state index contributed by atoms with van der Waals surface area (Å²) in [6.45, 7) is 7.80. The molecule has 0 amide bonds. The summed E-state index contributed by atoms with van der Waals surface area (Å²) in [5.74, 6) is 1.49. The minimum Gasteiger partial charge on any atom is -0.381 e. The molecule has 0 bridgehead atoms. The van der Waals surface area contributed by atoms with Gasteiger partial charge in [-0.05, 0) is 50.6 Å². The number of aryl methyl sites for hydroxylation is 1. The van der Waals surface area contributed by atoms with E-state index in [1.165, 1.54) is 56.6 Å². The quantitative estimate of drug-likeness (QED) is 0.910. The van der Waals surface area contributed by atoms with E-state index in [-0.39, 0.29) is 0 Å². The third-order valence-corrected chi connectivity index (χ3v) is 4.64. The van der Waals surface area contributed by atoms with Crippen LogP contribution in [-0.2, 0) is 4.74 Å². The van der Waals surface area contributed by atoms with Gasteiger partial charge in [0.15, 0.2) is 0 Å². The number of nitrogens with zero attached hydrogens (tertiary/aromatic N) is 2. The zero-order valence-corrected chi connectivity index (χ0v) is 11.9. The van der Waals surface area contributed by atoms with Gasteiger partial charge in [-0.1, -0.05) is 0 Å². The first-order chi connectivity index (χ1) is 9.33. The molecule has 4 nitrogen and oxygen atoms in total. The lowest BCUT2D eigenvalue weighted by Crippen LogP contribution is -2.39. The Balaban J connectivity index is 1.57. The van der Waals surface area contributed by atoms with E-state index in [2.05, 4.69) is 22.0 Å². The van der Waals surface area contributed by atoms with E-state index in [1.54, 1.807) is 0 Å². The summed E-state index contributed by atoms with van der Waals surface area (Å²) >= 11 is 0. The van der Waals surface area contributed by atoms with Crippen LogP contribution in [0.25, 0.3) is 0 Å².